The van der Waals surface area contributed by atoms with E-state index in [9.17, 15) is 23.1 Å². The van der Waals surface area contributed by atoms with Crippen molar-refractivity contribution < 1.29 is 27.8 Å². The zero-order chi connectivity index (χ0) is 23.6. The van der Waals surface area contributed by atoms with Gasteiger partial charge in [-0.3, -0.25) is 4.98 Å². The predicted molar refractivity (Wildman–Crippen MR) is 117 cm³/mol. The normalized spacial score (nSPS) is 15.3. The molecule has 0 spiro atoms. The van der Waals surface area contributed by atoms with Crippen LogP contribution in [-0.2, 0) is 13.0 Å². The van der Waals surface area contributed by atoms with Gasteiger partial charge in [-0.1, -0.05) is 18.2 Å². The Balaban J connectivity index is 1.47. The van der Waals surface area contributed by atoms with Gasteiger partial charge >= 0.3 is 12.1 Å². The third kappa shape index (κ3) is 5.34. The van der Waals surface area contributed by atoms with E-state index in [1.54, 1.807) is 24.4 Å². The van der Waals surface area contributed by atoms with E-state index in [0.29, 0.717) is 18.5 Å². The maximum absolute atomic E-state index is 12.4. The quantitative estimate of drug-likeness (QED) is 0.493. The minimum absolute atomic E-state index is 0.107. The van der Waals surface area contributed by atoms with Crippen molar-refractivity contribution in [2.24, 2.45) is 0 Å². The first-order valence-electron chi connectivity index (χ1n) is 10.5. The lowest BCUT2D eigenvalue weighted by Crippen LogP contribution is -2.19. The fraction of sp³-hybridized carbons (Fsp3) is 0.280. The van der Waals surface area contributed by atoms with E-state index in [-0.39, 0.29) is 17.4 Å². The van der Waals surface area contributed by atoms with Crippen LogP contribution in [0.1, 0.15) is 45.1 Å². The van der Waals surface area contributed by atoms with Crippen LogP contribution in [0.4, 0.5) is 13.2 Å². The molecule has 0 aliphatic carbocycles. The molecule has 172 valence electrons. The summed E-state index contributed by atoms with van der Waals surface area (Å²) in [5.41, 5.74) is 6.05. The number of aromatic nitrogens is 1. The molecule has 0 saturated heterocycles. The number of alkyl halides is 3. The summed E-state index contributed by atoms with van der Waals surface area (Å²) in [6.07, 6.45) is 0.0413. The number of halogens is 3. The monoisotopic (exact) mass is 456 g/mol. The molecule has 8 heteroatoms. The Morgan fingerprint density at radius 2 is 2.03 bits per heavy atom. The first-order valence-corrected chi connectivity index (χ1v) is 10.5. The average molecular weight is 456 g/mol. The molecule has 0 unspecified atom stereocenters. The Morgan fingerprint density at radius 1 is 1.21 bits per heavy atom. The number of fused-ring (bicyclic) bond motifs is 1. The Labute approximate surface area is 189 Å². The number of hydrogen-bond donors (Lipinski definition) is 2. The summed E-state index contributed by atoms with van der Waals surface area (Å²) >= 11 is 0. The maximum atomic E-state index is 12.4. The van der Waals surface area contributed by atoms with E-state index in [0.717, 1.165) is 28.7 Å². The molecule has 2 heterocycles. The van der Waals surface area contributed by atoms with E-state index in [4.69, 9.17) is 4.74 Å². The first-order chi connectivity index (χ1) is 15.7. The van der Waals surface area contributed by atoms with Crippen molar-refractivity contribution in [2.45, 2.75) is 38.5 Å². The smallest absolute Gasteiger partial charge is 0.422 e. The van der Waals surface area contributed by atoms with Crippen LogP contribution in [0.25, 0.3) is 11.1 Å². The molecule has 2 N–H and O–H groups in total. The van der Waals surface area contributed by atoms with Gasteiger partial charge in [-0.2, -0.15) is 13.2 Å². The van der Waals surface area contributed by atoms with Crippen molar-refractivity contribution in [1.82, 2.24) is 10.3 Å². The Morgan fingerprint density at radius 3 is 2.76 bits per heavy atom. The fourth-order valence-corrected chi connectivity index (χ4v) is 4.22. The highest BCUT2D eigenvalue weighted by molar-refractivity contribution is 5.89. The van der Waals surface area contributed by atoms with Crippen molar-refractivity contribution in [2.75, 3.05) is 6.61 Å². The van der Waals surface area contributed by atoms with Crippen molar-refractivity contribution in [3.8, 4) is 16.9 Å². The third-order valence-corrected chi connectivity index (χ3v) is 5.81. The molecule has 0 radical (unpaired) electrons. The molecule has 3 aromatic rings. The summed E-state index contributed by atoms with van der Waals surface area (Å²) in [5.74, 6) is -0.769. The number of carbonyl (C=O) groups is 1. The van der Waals surface area contributed by atoms with Gasteiger partial charge in [-0.05, 0) is 77.4 Å². The maximum Gasteiger partial charge on any atom is 0.422 e. The summed E-state index contributed by atoms with van der Waals surface area (Å²) < 4.78 is 42.0. The second-order valence-corrected chi connectivity index (χ2v) is 8.10. The first kappa shape index (κ1) is 22.8. The molecule has 2 aromatic carbocycles. The zero-order valence-corrected chi connectivity index (χ0v) is 17.9. The van der Waals surface area contributed by atoms with Crippen molar-refractivity contribution >= 4 is 5.97 Å². The van der Waals surface area contributed by atoms with E-state index >= 15 is 0 Å². The van der Waals surface area contributed by atoms with Crippen molar-refractivity contribution in [3.63, 3.8) is 0 Å². The Bertz CT molecular complexity index is 1180. The lowest BCUT2D eigenvalue weighted by Gasteiger charge is -2.14. The lowest BCUT2D eigenvalue weighted by atomic mass is 9.93. The van der Waals surface area contributed by atoms with Crippen LogP contribution in [0, 0.1) is 6.92 Å². The minimum Gasteiger partial charge on any atom is -0.484 e. The minimum atomic E-state index is -4.37. The number of nitrogens with zero attached hydrogens (tertiary/aromatic N) is 1. The van der Waals surface area contributed by atoms with Crippen LogP contribution in [0.5, 0.6) is 5.75 Å². The number of nitrogens with one attached hydrogen (secondary N) is 1. The molecular weight excluding hydrogens is 433 g/mol. The van der Waals surface area contributed by atoms with Crippen LogP contribution >= 0.6 is 0 Å². The number of aryl methyl sites for hydroxylation is 2. The topological polar surface area (TPSA) is 71.5 Å². The molecule has 1 aliphatic heterocycles. The number of carboxylic acid groups (broad SMARTS) is 1. The highest BCUT2D eigenvalue weighted by atomic mass is 19.4. The van der Waals surface area contributed by atoms with Crippen molar-refractivity contribution in [3.05, 3.63) is 82.7 Å². The van der Waals surface area contributed by atoms with Crippen LogP contribution < -0.4 is 10.1 Å². The number of hydrogen-bond acceptors (Lipinski definition) is 4. The predicted octanol–water partition coefficient (Wildman–Crippen LogP) is 5.47. The fourth-order valence-electron chi connectivity index (χ4n) is 4.22. The van der Waals surface area contributed by atoms with Crippen molar-refractivity contribution in [1.29, 1.82) is 0 Å². The van der Waals surface area contributed by atoms with E-state index in [1.165, 1.54) is 17.8 Å². The molecule has 5 nitrogen and oxygen atoms in total. The number of benzene rings is 2. The van der Waals surface area contributed by atoms with Crippen LogP contribution in [0.3, 0.4) is 0 Å². The van der Waals surface area contributed by atoms with Gasteiger partial charge in [0.15, 0.2) is 6.61 Å². The molecule has 1 aliphatic rings. The Kier molecular flexibility index (Phi) is 6.37. The second-order valence-electron chi connectivity index (χ2n) is 8.10. The molecule has 33 heavy (non-hydrogen) atoms. The molecule has 0 saturated carbocycles. The number of aromatic carboxylic acids is 1. The highest BCUT2D eigenvalue weighted by Crippen LogP contribution is 2.34. The molecule has 4 rings (SSSR count). The van der Waals surface area contributed by atoms with Crippen LogP contribution in [0.2, 0.25) is 0 Å². The summed E-state index contributed by atoms with van der Waals surface area (Å²) in [7, 11) is 0. The van der Waals surface area contributed by atoms with E-state index in [1.807, 2.05) is 13.0 Å². The number of pyridine rings is 1. The molecule has 0 fully saturated rings. The highest BCUT2D eigenvalue weighted by Gasteiger charge is 2.28. The number of rotatable bonds is 7. The Hall–Kier alpha value is -3.39. The van der Waals surface area contributed by atoms with Gasteiger partial charge in [0.05, 0.1) is 5.56 Å². The van der Waals surface area contributed by atoms with Gasteiger partial charge in [0.2, 0.25) is 0 Å². The van der Waals surface area contributed by atoms with Gasteiger partial charge in [-0.25, -0.2) is 4.79 Å². The summed E-state index contributed by atoms with van der Waals surface area (Å²) in [4.78, 5) is 15.5. The van der Waals surface area contributed by atoms with Gasteiger partial charge < -0.3 is 15.2 Å². The SMILES string of the molecule is Cc1cc(OCC(F)(F)F)ccc1-c1ccc2c(c1)CN[C@H]2CCc1cnccc1C(=O)O. The van der Waals surface area contributed by atoms with Gasteiger partial charge in [0.25, 0.3) is 0 Å². The molecule has 0 bridgehead atoms. The molecule has 1 atom stereocenters. The summed E-state index contributed by atoms with van der Waals surface area (Å²) in [6.45, 7) is 1.22. The standard InChI is InChI=1S/C25H23F3N2O3/c1-15-10-19(33-14-25(26,27)28)4-6-20(15)16-2-5-21-18(11-16)13-30-23(21)7-3-17-12-29-9-8-22(17)24(31)32/h2,4-6,8-12,23,30H,3,7,13-14H2,1H3,(H,31,32)/t23-/m0/s1. The van der Waals surface area contributed by atoms with Gasteiger partial charge in [0.1, 0.15) is 5.75 Å². The van der Waals surface area contributed by atoms with Crippen LogP contribution in [0.15, 0.2) is 54.9 Å². The third-order valence-electron chi connectivity index (χ3n) is 5.81. The average Bonchev–Trinajstić information content (AvgIpc) is 3.18. The van der Waals surface area contributed by atoms with E-state index in [2.05, 4.69) is 22.4 Å². The zero-order valence-electron chi connectivity index (χ0n) is 17.9. The van der Waals surface area contributed by atoms with Gasteiger partial charge in [-0.15, -0.1) is 0 Å². The molecule has 1 aromatic heterocycles. The molecular formula is C25H23F3N2O3. The lowest BCUT2D eigenvalue weighted by molar-refractivity contribution is -0.153. The van der Waals surface area contributed by atoms with E-state index < -0.39 is 18.8 Å². The summed E-state index contributed by atoms with van der Waals surface area (Å²) in [5, 5.41) is 12.8. The number of ether oxygens (including phenoxy) is 1. The summed E-state index contributed by atoms with van der Waals surface area (Å²) in [6, 6.07) is 12.7. The molecule has 0 amide bonds. The second kappa shape index (κ2) is 9.23. The largest absolute Gasteiger partial charge is 0.484 e. The van der Waals surface area contributed by atoms with Gasteiger partial charge in [0, 0.05) is 25.0 Å². The van der Waals surface area contributed by atoms with Crippen LogP contribution in [-0.4, -0.2) is 28.8 Å². The number of carboxylic acids is 1.